The Balaban J connectivity index is 1.56. The molecule has 0 atom stereocenters. The van der Waals surface area contributed by atoms with Crippen LogP contribution in [-0.4, -0.2) is 29.1 Å². The number of aromatic nitrogens is 6. The van der Waals surface area contributed by atoms with Crippen LogP contribution in [-0.2, 0) is 19.9 Å². The van der Waals surface area contributed by atoms with E-state index in [1.165, 1.54) is 0 Å². The number of benzene rings is 1. The van der Waals surface area contributed by atoms with Crippen molar-refractivity contribution in [3.05, 3.63) is 65.6 Å². The molecule has 25 heavy (non-hydrogen) atoms. The van der Waals surface area contributed by atoms with Gasteiger partial charge in [-0.15, -0.1) is 0 Å². The minimum absolute atomic E-state index is 0.756. The van der Waals surface area contributed by atoms with Gasteiger partial charge in [0, 0.05) is 31.4 Å². The monoisotopic (exact) mass is 332 g/mol. The maximum Gasteiger partial charge on any atom is 0.177 e. The lowest BCUT2D eigenvalue weighted by Crippen LogP contribution is -1.98. The summed E-state index contributed by atoms with van der Waals surface area (Å²) in [5.41, 5.74) is 4.89. The van der Waals surface area contributed by atoms with Gasteiger partial charge in [-0.25, -0.2) is 14.5 Å². The largest absolute Gasteiger partial charge is 0.334 e. The molecule has 0 aliphatic heterocycles. The van der Waals surface area contributed by atoms with Crippen LogP contribution in [0.15, 0.2) is 42.7 Å². The first-order valence-electron chi connectivity index (χ1n) is 8.37. The van der Waals surface area contributed by atoms with Gasteiger partial charge in [0.05, 0.1) is 17.1 Å². The first-order valence-corrected chi connectivity index (χ1v) is 8.37. The summed E-state index contributed by atoms with van der Waals surface area (Å²) in [6.07, 6.45) is 5.47. The average Bonchev–Trinajstić information content (AvgIpc) is 3.22. The Morgan fingerprint density at radius 2 is 1.80 bits per heavy atom. The lowest BCUT2D eigenvalue weighted by molar-refractivity contribution is 0.808. The summed E-state index contributed by atoms with van der Waals surface area (Å²) in [4.78, 5) is 13.8. The van der Waals surface area contributed by atoms with Gasteiger partial charge in [0.2, 0.25) is 0 Å². The lowest BCUT2D eigenvalue weighted by Gasteiger charge is -1.99. The van der Waals surface area contributed by atoms with E-state index in [1.807, 2.05) is 49.8 Å². The minimum Gasteiger partial charge on any atom is -0.334 e. The molecular formula is C19H20N6. The fourth-order valence-corrected chi connectivity index (χ4v) is 2.99. The van der Waals surface area contributed by atoms with Crippen molar-refractivity contribution in [2.24, 2.45) is 7.05 Å². The third kappa shape index (κ3) is 2.91. The highest BCUT2D eigenvalue weighted by Crippen LogP contribution is 2.18. The summed E-state index contributed by atoms with van der Waals surface area (Å²) in [6.45, 7) is 3.95. The number of hydrogen-bond donors (Lipinski definition) is 0. The molecule has 0 fully saturated rings. The molecule has 0 radical (unpaired) electrons. The molecule has 0 amide bonds. The second kappa shape index (κ2) is 6.12. The van der Waals surface area contributed by atoms with Crippen LogP contribution in [0.2, 0.25) is 0 Å². The van der Waals surface area contributed by atoms with Crippen LogP contribution >= 0.6 is 0 Å². The molecule has 4 rings (SSSR count). The molecule has 4 aromatic rings. The summed E-state index contributed by atoms with van der Waals surface area (Å²) in [7, 11) is 2.03. The van der Waals surface area contributed by atoms with Crippen LogP contribution in [0.4, 0.5) is 0 Å². The number of fused-ring (bicyclic) bond motifs is 1. The minimum atomic E-state index is 0.756. The van der Waals surface area contributed by atoms with Crippen molar-refractivity contribution in [1.29, 1.82) is 0 Å². The summed E-state index contributed by atoms with van der Waals surface area (Å²) < 4.78 is 3.94. The quantitative estimate of drug-likeness (QED) is 0.576. The Labute approximate surface area is 146 Å². The molecule has 0 spiro atoms. The van der Waals surface area contributed by atoms with E-state index in [0.717, 1.165) is 52.8 Å². The molecule has 0 aliphatic rings. The van der Waals surface area contributed by atoms with E-state index in [9.17, 15) is 0 Å². The molecule has 0 saturated heterocycles. The van der Waals surface area contributed by atoms with Gasteiger partial charge in [-0.2, -0.15) is 5.10 Å². The van der Waals surface area contributed by atoms with Gasteiger partial charge in [0.15, 0.2) is 11.5 Å². The van der Waals surface area contributed by atoms with E-state index < -0.39 is 0 Å². The number of rotatable bonds is 4. The Morgan fingerprint density at radius 3 is 2.56 bits per heavy atom. The van der Waals surface area contributed by atoms with Gasteiger partial charge in [0.1, 0.15) is 5.82 Å². The zero-order valence-corrected chi connectivity index (χ0v) is 14.6. The highest BCUT2D eigenvalue weighted by molar-refractivity contribution is 5.55. The maximum atomic E-state index is 4.77. The van der Waals surface area contributed by atoms with Crippen LogP contribution in [0, 0.1) is 13.8 Å². The lowest BCUT2D eigenvalue weighted by atomic mass is 10.2. The molecule has 0 bridgehead atoms. The van der Waals surface area contributed by atoms with Crippen LogP contribution in [0.25, 0.3) is 17.0 Å². The van der Waals surface area contributed by atoms with Gasteiger partial charge in [-0.1, -0.05) is 30.3 Å². The van der Waals surface area contributed by atoms with Crippen LogP contribution in [0.1, 0.15) is 22.9 Å². The smallest absolute Gasteiger partial charge is 0.177 e. The highest BCUT2D eigenvalue weighted by atomic mass is 15.3. The highest BCUT2D eigenvalue weighted by Gasteiger charge is 2.11. The number of hydrogen-bond acceptors (Lipinski definition) is 4. The van der Waals surface area contributed by atoms with Crippen molar-refractivity contribution in [3.63, 3.8) is 0 Å². The molecule has 0 unspecified atom stereocenters. The Kier molecular flexibility index (Phi) is 3.80. The van der Waals surface area contributed by atoms with Gasteiger partial charge >= 0.3 is 0 Å². The Morgan fingerprint density at radius 1 is 1.00 bits per heavy atom. The molecular weight excluding hydrogens is 312 g/mol. The van der Waals surface area contributed by atoms with Gasteiger partial charge in [-0.05, 0) is 20.3 Å². The summed E-state index contributed by atoms with van der Waals surface area (Å²) in [5.74, 6) is 1.81. The normalized spacial score (nSPS) is 11.3. The van der Waals surface area contributed by atoms with Gasteiger partial charge in [0.25, 0.3) is 0 Å². The van der Waals surface area contributed by atoms with Crippen molar-refractivity contribution in [2.75, 3.05) is 0 Å². The average molecular weight is 332 g/mol. The number of aryl methyl sites for hydroxylation is 5. The number of nitrogens with zero attached hydrogens (tertiary/aromatic N) is 6. The van der Waals surface area contributed by atoms with Crippen molar-refractivity contribution < 1.29 is 0 Å². The zero-order valence-electron chi connectivity index (χ0n) is 14.6. The Hall–Kier alpha value is -3.02. The molecule has 0 aliphatic carbocycles. The molecule has 0 saturated carbocycles. The second-order valence-electron chi connectivity index (χ2n) is 6.28. The first kappa shape index (κ1) is 15.5. The van der Waals surface area contributed by atoms with E-state index in [4.69, 9.17) is 4.98 Å². The zero-order chi connectivity index (χ0) is 17.4. The van der Waals surface area contributed by atoms with Crippen molar-refractivity contribution in [3.8, 4) is 11.4 Å². The second-order valence-corrected chi connectivity index (χ2v) is 6.28. The van der Waals surface area contributed by atoms with E-state index >= 15 is 0 Å². The van der Waals surface area contributed by atoms with Crippen molar-refractivity contribution >= 4 is 5.65 Å². The van der Waals surface area contributed by atoms with E-state index in [2.05, 4.69) is 38.0 Å². The molecule has 3 aromatic heterocycles. The van der Waals surface area contributed by atoms with Gasteiger partial charge in [-0.3, -0.25) is 4.98 Å². The summed E-state index contributed by atoms with van der Waals surface area (Å²) in [5, 5.41) is 4.61. The third-order valence-electron chi connectivity index (χ3n) is 4.32. The van der Waals surface area contributed by atoms with Crippen molar-refractivity contribution in [1.82, 2.24) is 29.1 Å². The molecule has 0 N–H and O–H groups in total. The standard InChI is InChI=1S/C19H20N6/c1-13-11-20-14(2)18-22-17(23-25(13)18)10-9-16-12-24(3)19(21-16)15-7-5-4-6-8-15/h4-8,11-12H,9-10H2,1-3H3. The summed E-state index contributed by atoms with van der Waals surface area (Å²) >= 11 is 0. The molecule has 1 aromatic carbocycles. The maximum absolute atomic E-state index is 4.77. The van der Waals surface area contributed by atoms with Crippen LogP contribution in [0.3, 0.4) is 0 Å². The predicted octanol–water partition coefficient (Wildman–Crippen LogP) is 2.93. The fraction of sp³-hybridized carbons (Fsp3) is 0.263. The SMILES string of the molecule is Cc1ncc(C)n2nc(CCc3cn(C)c(-c4ccccc4)n3)nc12. The molecule has 3 heterocycles. The van der Waals surface area contributed by atoms with E-state index in [1.54, 1.807) is 0 Å². The molecule has 6 nitrogen and oxygen atoms in total. The topological polar surface area (TPSA) is 60.9 Å². The van der Waals surface area contributed by atoms with E-state index in [-0.39, 0.29) is 0 Å². The van der Waals surface area contributed by atoms with Crippen LogP contribution < -0.4 is 0 Å². The first-order chi connectivity index (χ1) is 12.1. The predicted molar refractivity (Wildman–Crippen MR) is 96.3 cm³/mol. The molecule has 126 valence electrons. The number of imidazole rings is 1. The van der Waals surface area contributed by atoms with Crippen molar-refractivity contribution in [2.45, 2.75) is 26.7 Å². The Bertz CT molecular complexity index is 990. The summed E-state index contributed by atoms with van der Waals surface area (Å²) in [6, 6.07) is 10.2. The third-order valence-corrected chi connectivity index (χ3v) is 4.32. The molecule has 6 heteroatoms. The van der Waals surface area contributed by atoms with E-state index in [0.29, 0.717) is 0 Å². The van der Waals surface area contributed by atoms with Crippen LogP contribution in [0.5, 0.6) is 0 Å². The fourth-order valence-electron chi connectivity index (χ4n) is 2.99. The van der Waals surface area contributed by atoms with Gasteiger partial charge < -0.3 is 4.57 Å².